The second-order valence-corrected chi connectivity index (χ2v) is 4.32. The van der Waals surface area contributed by atoms with Gasteiger partial charge >= 0.3 is 0 Å². The van der Waals surface area contributed by atoms with Gasteiger partial charge in [0, 0.05) is 37.7 Å². The van der Waals surface area contributed by atoms with Crippen LogP contribution in [-0.4, -0.2) is 42.6 Å². The first-order chi connectivity index (χ1) is 9.24. The van der Waals surface area contributed by atoms with Crippen LogP contribution in [0.25, 0.3) is 10.4 Å². The van der Waals surface area contributed by atoms with Crippen molar-refractivity contribution in [2.45, 2.75) is 19.1 Å². The molecular weight excluding hydrogens is 248 g/mol. The van der Waals surface area contributed by atoms with Crippen LogP contribution in [0.4, 0.5) is 5.69 Å². The number of aromatic nitrogens is 2. The molecule has 2 rings (SSSR count). The van der Waals surface area contributed by atoms with Crippen molar-refractivity contribution < 1.29 is 4.74 Å². The van der Waals surface area contributed by atoms with Gasteiger partial charge in [0.25, 0.3) is 5.56 Å². The van der Waals surface area contributed by atoms with Crippen molar-refractivity contribution in [1.29, 1.82) is 0 Å². The summed E-state index contributed by atoms with van der Waals surface area (Å²) in [4.78, 5) is 16.6. The molecule has 102 valence electrons. The Morgan fingerprint density at radius 3 is 3.16 bits per heavy atom. The summed E-state index contributed by atoms with van der Waals surface area (Å²) >= 11 is 0. The molecule has 1 fully saturated rings. The molecule has 1 saturated heterocycles. The Labute approximate surface area is 110 Å². The van der Waals surface area contributed by atoms with Crippen LogP contribution < -0.4 is 10.5 Å². The number of azide groups is 1. The standard InChI is InChI=1S/C11H16N6O2/c1-19-10-2-4-16(8-10)9-6-11(18)17(14-7-9)5-3-13-15-12/h6-7,10H,2-5,8H2,1H3. The van der Waals surface area contributed by atoms with E-state index in [9.17, 15) is 4.79 Å². The van der Waals surface area contributed by atoms with Crippen molar-refractivity contribution in [2.24, 2.45) is 5.11 Å². The SMILES string of the molecule is COC1CCN(c2cnn(CCN=[N+]=[N-])c(=O)c2)C1. The normalized spacial score (nSPS) is 18.4. The summed E-state index contributed by atoms with van der Waals surface area (Å²) in [6, 6.07) is 1.56. The summed E-state index contributed by atoms with van der Waals surface area (Å²) in [5.74, 6) is 0. The van der Waals surface area contributed by atoms with Gasteiger partial charge in [-0.1, -0.05) is 5.11 Å². The Morgan fingerprint density at radius 1 is 1.68 bits per heavy atom. The molecule has 0 saturated carbocycles. The number of ether oxygens (including phenoxy) is 1. The van der Waals surface area contributed by atoms with Gasteiger partial charge in [-0.3, -0.25) is 4.79 Å². The van der Waals surface area contributed by atoms with Crippen molar-refractivity contribution in [3.8, 4) is 0 Å². The number of hydrogen-bond acceptors (Lipinski definition) is 5. The minimum Gasteiger partial charge on any atom is -0.380 e. The van der Waals surface area contributed by atoms with Crippen molar-refractivity contribution in [1.82, 2.24) is 9.78 Å². The summed E-state index contributed by atoms with van der Waals surface area (Å²) in [6.07, 6.45) is 2.83. The summed E-state index contributed by atoms with van der Waals surface area (Å²) in [5.41, 5.74) is 8.80. The Kier molecular flexibility index (Phi) is 4.38. The van der Waals surface area contributed by atoms with Crippen molar-refractivity contribution >= 4 is 5.69 Å². The molecule has 1 aromatic rings. The lowest BCUT2D eigenvalue weighted by molar-refractivity contribution is 0.121. The lowest BCUT2D eigenvalue weighted by atomic mass is 10.3. The van der Waals surface area contributed by atoms with E-state index >= 15 is 0 Å². The molecule has 8 heteroatoms. The second-order valence-electron chi connectivity index (χ2n) is 4.32. The monoisotopic (exact) mass is 264 g/mol. The first-order valence-corrected chi connectivity index (χ1v) is 6.10. The van der Waals surface area contributed by atoms with Crippen LogP contribution in [0.3, 0.4) is 0 Å². The molecule has 1 unspecified atom stereocenters. The fourth-order valence-electron chi connectivity index (χ4n) is 2.10. The summed E-state index contributed by atoms with van der Waals surface area (Å²) in [5, 5.41) is 7.47. The minimum atomic E-state index is -0.188. The van der Waals surface area contributed by atoms with Gasteiger partial charge in [0.2, 0.25) is 0 Å². The number of hydrogen-bond donors (Lipinski definition) is 0. The van der Waals surface area contributed by atoms with Gasteiger partial charge < -0.3 is 9.64 Å². The van der Waals surface area contributed by atoms with Gasteiger partial charge in [0.1, 0.15) is 0 Å². The van der Waals surface area contributed by atoms with Gasteiger partial charge in [-0.2, -0.15) is 5.10 Å². The molecule has 1 aliphatic rings. The largest absolute Gasteiger partial charge is 0.380 e. The van der Waals surface area contributed by atoms with E-state index in [-0.39, 0.29) is 18.2 Å². The fraction of sp³-hybridized carbons (Fsp3) is 0.636. The van der Waals surface area contributed by atoms with Crippen LogP contribution >= 0.6 is 0 Å². The zero-order valence-corrected chi connectivity index (χ0v) is 10.8. The highest BCUT2D eigenvalue weighted by Crippen LogP contribution is 2.19. The van der Waals surface area contributed by atoms with Crippen molar-refractivity contribution in [3.05, 3.63) is 33.1 Å². The average molecular weight is 264 g/mol. The van der Waals surface area contributed by atoms with E-state index < -0.39 is 0 Å². The van der Waals surface area contributed by atoms with E-state index in [0.717, 1.165) is 25.2 Å². The molecule has 1 aliphatic heterocycles. The van der Waals surface area contributed by atoms with Gasteiger partial charge in [0.05, 0.1) is 24.5 Å². The Bertz CT molecular complexity index is 536. The van der Waals surface area contributed by atoms with E-state index in [1.807, 2.05) is 0 Å². The van der Waals surface area contributed by atoms with Crippen LogP contribution in [-0.2, 0) is 11.3 Å². The predicted molar refractivity (Wildman–Crippen MR) is 70.1 cm³/mol. The molecule has 1 atom stereocenters. The number of rotatable bonds is 5. The smallest absolute Gasteiger partial charge is 0.268 e. The van der Waals surface area contributed by atoms with Crippen LogP contribution in [0.5, 0.6) is 0 Å². The molecule has 0 aliphatic carbocycles. The summed E-state index contributed by atoms with van der Waals surface area (Å²) < 4.78 is 6.58. The third-order valence-corrected chi connectivity index (χ3v) is 3.17. The molecule has 0 amide bonds. The molecular formula is C11H16N6O2. The fourth-order valence-corrected chi connectivity index (χ4v) is 2.10. The van der Waals surface area contributed by atoms with E-state index in [1.165, 1.54) is 4.68 Å². The highest BCUT2D eigenvalue weighted by atomic mass is 16.5. The molecule has 0 spiro atoms. The van der Waals surface area contributed by atoms with E-state index in [0.29, 0.717) is 6.54 Å². The molecule has 8 nitrogen and oxygen atoms in total. The Morgan fingerprint density at radius 2 is 2.53 bits per heavy atom. The molecule has 0 radical (unpaired) electrons. The third kappa shape index (κ3) is 3.24. The average Bonchev–Trinajstić information content (AvgIpc) is 2.89. The third-order valence-electron chi connectivity index (χ3n) is 3.17. The first kappa shape index (κ1) is 13.4. The van der Waals surface area contributed by atoms with Crippen LogP contribution in [0.2, 0.25) is 0 Å². The lowest BCUT2D eigenvalue weighted by Gasteiger charge is -2.17. The summed E-state index contributed by atoms with van der Waals surface area (Å²) in [7, 11) is 1.69. The number of methoxy groups -OCH3 is 1. The Balaban J connectivity index is 2.06. The lowest BCUT2D eigenvalue weighted by Crippen LogP contribution is -2.28. The van der Waals surface area contributed by atoms with Gasteiger partial charge in [0.15, 0.2) is 0 Å². The van der Waals surface area contributed by atoms with E-state index in [2.05, 4.69) is 20.0 Å². The van der Waals surface area contributed by atoms with Crippen molar-refractivity contribution in [3.63, 3.8) is 0 Å². The molecule has 0 aromatic carbocycles. The minimum absolute atomic E-state index is 0.188. The van der Waals surface area contributed by atoms with Gasteiger partial charge in [-0.25, -0.2) is 4.68 Å². The predicted octanol–water partition coefficient (Wildman–Crippen LogP) is 0.779. The van der Waals surface area contributed by atoms with Crippen LogP contribution in [0.1, 0.15) is 6.42 Å². The Hall–Kier alpha value is -2.05. The zero-order chi connectivity index (χ0) is 13.7. The maximum atomic E-state index is 11.8. The topological polar surface area (TPSA) is 96.1 Å². The van der Waals surface area contributed by atoms with Crippen LogP contribution in [0, 0.1) is 0 Å². The molecule has 0 N–H and O–H groups in total. The zero-order valence-electron chi connectivity index (χ0n) is 10.8. The second kappa shape index (κ2) is 6.21. The van der Waals surface area contributed by atoms with Gasteiger partial charge in [-0.05, 0) is 12.0 Å². The summed E-state index contributed by atoms with van der Waals surface area (Å²) in [6.45, 7) is 2.16. The van der Waals surface area contributed by atoms with Crippen LogP contribution in [0.15, 0.2) is 22.2 Å². The maximum absolute atomic E-state index is 11.8. The first-order valence-electron chi connectivity index (χ1n) is 6.10. The molecule has 2 heterocycles. The maximum Gasteiger partial charge on any atom is 0.268 e. The highest BCUT2D eigenvalue weighted by Gasteiger charge is 2.22. The quantitative estimate of drug-likeness (QED) is 0.446. The van der Waals surface area contributed by atoms with Crippen molar-refractivity contribution in [2.75, 3.05) is 31.6 Å². The molecule has 0 bridgehead atoms. The van der Waals surface area contributed by atoms with Gasteiger partial charge in [-0.15, -0.1) is 0 Å². The number of anilines is 1. The van der Waals surface area contributed by atoms with E-state index in [4.69, 9.17) is 10.3 Å². The molecule has 1 aromatic heterocycles. The molecule has 19 heavy (non-hydrogen) atoms. The van der Waals surface area contributed by atoms with E-state index in [1.54, 1.807) is 19.4 Å². The number of nitrogens with zero attached hydrogens (tertiary/aromatic N) is 6. The highest BCUT2D eigenvalue weighted by molar-refractivity contribution is 5.44.